The van der Waals surface area contributed by atoms with Gasteiger partial charge in [0, 0.05) is 5.92 Å². The summed E-state index contributed by atoms with van der Waals surface area (Å²) < 4.78 is 22.0. The number of aliphatic hydroxyl groups is 7. The maximum absolute atomic E-state index is 10.4. The molecular formula is C24H40O11. The summed E-state index contributed by atoms with van der Waals surface area (Å²) in [6.07, 6.45) is -4.53. The first-order chi connectivity index (χ1) is 16.3. The third-order valence-electron chi connectivity index (χ3n) is 7.12. The molecular weight excluding hydrogens is 464 g/mol. The second kappa shape index (κ2) is 11.2. The topological polar surface area (TPSA) is 179 Å². The highest BCUT2D eigenvalue weighted by atomic mass is 16.7. The van der Waals surface area contributed by atoms with Crippen LogP contribution < -0.4 is 0 Å². The van der Waals surface area contributed by atoms with Crippen LogP contribution >= 0.6 is 0 Å². The predicted octanol–water partition coefficient (Wildman–Crippen LogP) is -1.43. The van der Waals surface area contributed by atoms with E-state index < -0.39 is 67.5 Å². The Morgan fingerprint density at radius 1 is 1.11 bits per heavy atom. The quantitative estimate of drug-likeness (QED) is 0.193. The molecule has 11 atom stereocenters. The fraction of sp³-hybridized carbons (Fsp3) is 0.833. The Balaban J connectivity index is 1.60. The van der Waals surface area contributed by atoms with Gasteiger partial charge in [-0.1, -0.05) is 37.6 Å². The van der Waals surface area contributed by atoms with E-state index in [0.717, 1.165) is 5.57 Å². The lowest BCUT2D eigenvalue weighted by molar-refractivity contribution is -0.314. The van der Waals surface area contributed by atoms with Crippen LogP contribution in [0.4, 0.5) is 0 Å². The number of rotatable bonds is 8. The summed E-state index contributed by atoms with van der Waals surface area (Å²) in [6, 6.07) is 0. The maximum atomic E-state index is 10.4. The second-order valence-corrected chi connectivity index (χ2v) is 10.6. The van der Waals surface area contributed by atoms with E-state index in [4.69, 9.17) is 18.9 Å². The molecule has 202 valence electrons. The minimum Gasteiger partial charge on any atom is -0.393 e. The van der Waals surface area contributed by atoms with E-state index in [2.05, 4.69) is 13.8 Å². The molecule has 2 heterocycles. The van der Waals surface area contributed by atoms with Crippen molar-refractivity contribution in [1.29, 1.82) is 0 Å². The lowest BCUT2D eigenvalue weighted by atomic mass is 9.68. The predicted molar refractivity (Wildman–Crippen MR) is 122 cm³/mol. The number of hydrogen-bond acceptors (Lipinski definition) is 11. The Morgan fingerprint density at radius 2 is 1.80 bits per heavy atom. The molecule has 2 fully saturated rings. The molecule has 0 amide bonds. The van der Waals surface area contributed by atoms with Gasteiger partial charge >= 0.3 is 0 Å². The number of allylic oxidation sites excluding steroid dienone is 2. The standard InChI is InChI=1S/C24H40O11/c1-12-7-14(26)8-23(3,4)15(12)6-5-13(2)34-21-19(29)18(28)17(27)16(35-21)9-32-22-20(30)24(31,10-25)11-33-22/h5-7,13-22,25-31H,8-11H2,1-4H3/b6-5+/t13?,14-,15+,16+,17+,18-,19+,20+,21-,22-,24-/m1/s1. The average molecular weight is 505 g/mol. The Labute approximate surface area is 205 Å². The largest absolute Gasteiger partial charge is 0.393 e. The average Bonchev–Trinajstić information content (AvgIpc) is 3.06. The first-order valence-corrected chi connectivity index (χ1v) is 11.9. The lowest BCUT2D eigenvalue weighted by Crippen LogP contribution is -2.60. The van der Waals surface area contributed by atoms with Crippen LogP contribution in [0, 0.1) is 11.3 Å². The molecule has 0 aromatic heterocycles. The summed E-state index contributed by atoms with van der Waals surface area (Å²) in [7, 11) is 0. The van der Waals surface area contributed by atoms with Gasteiger partial charge in [0.2, 0.25) is 0 Å². The van der Waals surface area contributed by atoms with Crippen molar-refractivity contribution in [2.75, 3.05) is 19.8 Å². The molecule has 35 heavy (non-hydrogen) atoms. The molecule has 2 saturated heterocycles. The molecule has 2 aliphatic heterocycles. The molecule has 3 rings (SSSR count). The molecule has 0 radical (unpaired) electrons. The van der Waals surface area contributed by atoms with Gasteiger partial charge in [-0.3, -0.25) is 0 Å². The van der Waals surface area contributed by atoms with Crippen LogP contribution in [-0.2, 0) is 18.9 Å². The Morgan fingerprint density at radius 3 is 2.40 bits per heavy atom. The molecule has 7 N–H and O–H groups in total. The first-order valence-electron chi connectivity index (χ1n) is 11.9. The Kier molecular flexibility index (Phi) is 9.15. The van der Waals surface area contributed by atoms with Gasteiger partial charge in [-0.25, -0.2) is 0 Å². The summed E-state index contributed by atoms with van der Waals surface area (Å²) in [5, 5.41) is 70.4. The van der Waals surface area contributed by atoms with Gasteiger partial charge < -0.3 is 54.7 Å². The fourth-order valence-corrected chi connectivity index (χ4v) is 4.98. The van der Waals surface area contributed by atoms with Gasteiger partial charge in [0.25, 0.3) is 0 Å². The highest BCUT2D eigenvalue weighted by molar-refractivity contribution is 5.21. The molecule has 1 aliphatic carbocycles. The van der Waals surface area contributed by atoms with Gasteiger partial charge in [0.1, 0.15) is 36.1 Å². The molecule has 0 spiro atoms. The Hall–Kier alpha value is -0.960. The van der Waals surface area contributed by atoms with Crippen LogP contribution in [0.3, 0.4) is 0 Å². The zero-order valence-electron chi connectivity index (χ0n) is 20.6. The van der Waals surface area contributed by atoms with Crippen molar-refractivity contribution in [2.24, 2.45) is 11.3 Å². The summed E-state index contributed by atoms with van der Waals surface area (Å²) in [5.74, 6) is 0.0816. The van der Waals surface area contributed by atoms with Crippen LogP contribution in [0.25, 0.3) is 0 Å². The van der Waals surface area contributed by atoms with Crippen LogP contribution in [0.2, 0.25) is 0 Å². The van der Waals surface area contributed by atoms with Crippen molar-refractivity contribution in [3.63, 3.8) is 0 Å². The SMILES string of the molecule is CC1=C[C@@H](O)CC(C)(C)[C@H]1/C=C/C(C)O[C@@H]1O[C@@H](CO[C@@H]2OC[C@](O)(CO)[C@H]2O)[C@H](O)[C@@H](O)[C@@H]1O. The maximum Gasteiger partial charge on any atom is 0.187 e. The van der Waals surface area contributed by atoms with Crippen molar-refractivity contribution in [1.82, 2.24) is 0 Å². The van der Waals surface area contributed by atoms with Crippen LogP contribution in [-0.4, -0.2) is 116 Å². The van der Waals surface area contributed by atoms with Crippen molar-refractivity contribution >= 4 is 0 Å². The molecule has 11 heteroatoms. The third-order valence-corrected chi connectivity index (χ3v) is 7.12. The lowest BCUT2D eigenvalue weighted by Gasteiger charge is -2.41. The van der Waals surface area contributed by atoms with Crippen molar-refractivity contribution in [3.05, 3.63) is 23.8 Å². The van der Waals surface area contributed by atoms with E-state index in [0.29, 0.717) is 6.42 Å². The van der Waals surface area contributed by atoms with Crippen molar-refractivity contribution in [2.45, 2.75) is 95.0 Å². The van der Waals surface area contributed by atoms with Gasteiger partial charge in [-0.15, -0.1) is 0 Å². The molecule has 1 unspecified atom stereocenters. The Bertz CT molecular complexity index is 771. The third kappa shape index (κ3) is 6.31. The van der Waals surface area contributed by atoms with Crippen LogP contribution in [0.15, 0.2) is 23.8 Å². The minimum absolute atomic E-state index is 0.0816. The zero-order chi connectivity index (χ0) is 26.1. The highest BCUT2D eigenvalue weighted by Gasteiger charge is 2.50. The summed E-state index contributed by atoms with van der Waals surface area (Å²) in [5.41, 5.74) is -0.975. The van der Waals surface area contributed by atoms with Crippen LogP contribution in [0.5, 0.6) is 0 Å². The van der Waals surface area contributed by atoms with E-state index >= 15 is 0 Å². The number of aliphatic hydroxyl groups excluding tert-OH is 6. The molecule has 11 nitrogen and oxygen atoms in total. The van der Waals surface area contributed by atoms with E-state index in [9.17, 15) is 35.7 Å². The van der Waals surface area contributed by atoms with Gasteiger partial charge in [-0.2, -0.15) is 0 Å². The highest BCUT2D eigenvalue weighted by Crippen LogP contribution is 2.42. The zero-order valence-corrected chi connectivity index (χ0v) is 20.6. The number of ether oxygens (including phenoxy) is 4. The van der Waals surface area contributed by atoms with E-state index in [1.165, 1.54) is 0 Å². The molecule has 3 aliphatic rings. The van der Waals surface area contributed by atoms with Crippen LogP contribution in [0.1, 0.15) is 34.1 Å². The van der Waals surface area contributed by atoms with Gasteiger partial charge in [0.05, 0.1) is 32.0 Å². The monoisotopic (exact) mass is 504 g/mol. The summed E-state index contributed by atoms with van der Waals surface area (Å²) in [4.78, 5) is 0. The normalized spacial score (nSPS) is 45.0. The van der Waals surface area contributed by atoms with Gasteiger partial charge in [0.15, 0.2) is 12.6 Å². The smallest absolute Gasteiger partial charge is 0.187 e. The first kappa shape index (κ1) is 28.6. The molecule has 0 aromatic carbocycles. The van der Waals surface area contributed by atoms with Gasteiger partial charge in [-0.05, 0) is 25.7 Å². The summed E-state index contributed by atoms with van der Waals surface area (Å²) in [6.45, 7) is 6.46. The van der Waals surface area contributed by atoms with Crippen molar-refractivity contribution < 1.29 is 54.7 Å². The summed E-state index contributed by atoms with van der Waals surface area (Å²) >= 11 is 0. The number of hydrogen-bond donors (Lipinski definition) is 7. The molecule has 0 bridgehead atoms. The van der Waals surface area contributed by atoms with E-state index in [1.54, 1.807) is 6.92 Å². The van der Waals surface area contributed by atoms with E-state index in [1.807, 2.05) is 25.2 Å². The van der Waals surface area contributed by atoms with E-state index in [-0.39, 0.29) is 24.5 Å². The minimum atomic E-state index is -1.86. The molecule has 0 saturated carbocycles. The fourth-order valence-electron chi connectivity index (χ4n) is 4.98. The second-order valence-electron chi connectivity index (χ2n) is 10.6. The van der Waals surface area contributed by atoms with Crippen molar-refractivity contribution in [3.8, 4) is 0 Å². The molecule has 0 aromatic rings.